The van der Waals surface area contributed by atoms with Crippen molar-refractivity contribution in [3.8, 4) is 5.75 Å². The molecule has 0 aliphatic carbocycles. The molecule has 0 aliphatic heterocycles. The first kappa shape index (κ1) is 11.3. The number of ether oxygens (including phenoxy) is 1. The van der Waals surface area contributed by atoms with Gasteiger partial charge in [0.1, 0.15) is 18.4 Å². The van der Waals surface area contributed by atoms with Gasteiger partial charge in [0.05, 0.1) is 3.57 Å². The minimum Gasteiger partial charge on any atom is -0.490 e. The summed E-state index contributed by atoms with van der Waals surface area (Å²) in [5.74, 6) is -0.402. The largest absolute Gasteiger partial charge is 0.490 e. The molecule has 3 N–H and O–H groups in total. The van der Waals surface area contributed by atoms with Crippen LogP contribution >= 0.6 is 22.6 Å². The predicted molar refractivity (Wildman–Crippen MR) is 60.3 cm³/mol. The number of carboxylic acid groups (broad SMARTS) is 1. The smallest absolute Gasteiger partial charge is 0.324 e. The van der Waals surface area contributed by atoms with Crippen LogP contribution in [0.3, 0.4) is 0 Å². The lowest BCUT2D eigenvalue weighted by molar-refractivity contribution is -0.139. The van der Waals surface area contributed by atoms with Gasteiger partial charge in [-0.3, -0.25) is 4.79 Å². The summed E-state index contributed by atoms with van der Waals surface area (Å²) in [6.45, 7) is -0.0185. The highest BCUT2D eigenvalue weighted by Crippen LogP contribution is 2.19. The minimum absolute atomic E-state index is 0.0185. The van der Waals surface area contributed by atoms with Crippen molar-refractivity contribution in [3.05, 3.63) is 27.8 Å². The van der Waals surface area contributed by atoms with Crippen LogP contribution in [0.1, 0.15) is 0 Å². The van der Waals surface area contributed by atoms with E-state index in [0.717, 1.165) is 3.57 Å². The highest BCUT2D eigenvalue weighted by atomic mass is 127. The fraction of sp³-hybridized carbons (Fsp3) is 0.222. The second kappa shape index (κ2) is 5.16. The molecule has 0 bridgehead atoms. The first-order valence-electron chi connectivity index (χ1n) is 3.97. The van der Waals surface area contributed by atoms with E-state index in [2.05, 4.69) is 22.6 Å². The Kier molecular flexibility index (Phi) is 4.15. The van der Waals surface area contributed by atoms with Gasteiger partial charge in [0, 0.05) is 0 Å². The van der Waals surface area contributed by atoms with Crippen LogP contribution in [-0.2, 0) is 4.79 Å². The third-order valence-corrected chi connectivity index (χ3v) is 2.46. The number of rotatable bonds is 4. The third kappa shape index (κ3) is 3.15. The number of carbonyl (C=O) groups is 1. The van der Waals surface area contributed by atoms with Crippen molar-refractivity contribution < 1.29 is 14.6 Å². The minimum atomic E-state index is -1.06. The Morgan fingerprint density at radius 2 is 2.21 bits per heavy atom. The normalized spacial score (nSPS) is 12.1. The van der Waals surface area contributed by atoms with E-state index in [1.165, 1.54) is 0 Å². The van der Waals surface area contributed by atoms with Gasteiger partial charge in [0.2, 0.25) is 0 Å². The number of halogens is 1. The Bertz CT molecular complexity index is 330. The first-order chi connectivity index (χ1) is 6.61. The molecule has 1 rings (SSSR count). The summed E-state index contributed by atoms with van der Waals surface area (Å²) < 4.78 is 6.18. The molecule has 4 nitrogen and oxygen atoms in total. The topological polar surface area (TPSA) is 72.5 Å². The monoisotopic (exact) mass is 307 g/mol. The van der Waals surface area contributed by atoms with E-state index in [1.807, 2.05) is 18.2 Å². The Balaban J connectivity index is 2.54. The highest BCUT2D eigenvalue weighted by molar-refractivity contribution is 14.1. The maximum atomic E-state index is 10.4. The SMILES string of the molecule is N[C@@H](COc1ccccc1I)C(=O)O. The van der Waals surface area contributed by atoms with Crippen LogP contribution in [0.5, 0.6) is 5.75 Å². The molecule has 0 saturated heterocycles. The summed E-state index contributed by atoms with van der Waals surface area (Å²) >= 11 is 2.11. The van der Waals surface area contributed by atoms with Crippen molar-refractivity contribution >= 4 is 28.6 Å². The molecule has 14 heavy (non-hydrogen) atoms. The van der Waals surface area contributed by atoms with Gasteiger partial charge in [-0.2, -0.15) is 0 Å². The van der Waals surface area contributed by atoms with E-state index in [0.29, 0.717) is 5.75 Å². The van der Waals surface area contributed by atoms with Gasteiger partial charge in [-0.1, -0.05) is 12.1 Å². The molecular weight excluding hydrogens is 297 g/mol. The molecule has 1 aromatic rings. The maximum Gasteiger partial charge on any atom is 0.324 e. The molecule has 1 atom stereocenters. The molecule has 0 unspecified atom stereocenters. The van der Waals surface area contributed by atoms with Crippen LogP contribution in [-0.4, -0.2) is 23.7 Å². The second-order valence-corrected chi connectivity index (χ2v) is 3.85. The van der Waals surface area contributed by atoms with Crippen LogP contribution in [0.4, 0.5) is 0 Å². The average Bonchev–Trinajstić information content (AvgIpc) is 2.16. The number of benzene rings is 1. The lowest BCUT2D eigenvalue weighted by Gasteiger charge is -2.10. The molecule has 0 heterocycles. The summed E-state index contributed by atoms with van der Waals surface area (Å²) in [6, 6.07) is 6.37. The molecule has 76 valence electrons. The molecule has 0 radical (unpaired) electrons. The summed E-state index contributed by atoms with van der Waals surface area (Å²) in [6.07, 6.45) is 0. The molecule has 0 amide bonds. The van der Waals surface area contributed by atoms with Gasteiger partial charge in [-0.25, -0.2) is 0 Å². The summed E-state index contributed by atoms with van der Waals surface area (Å²) in [4.78, 5) is 10.4. The van der Waals surface area contributed by atoms with E-state index >= 15 is 0 Å². The van der Waals surface area contributed by atoms with Crippen molar-refractivity contribution in [2.75, 3.05) is 6.61 Å². The van der Waals surface area contributed by atoms with E-state index in [4.69, 9.17) is 15.6 Å². The molecule has 0 saturated carbocycles. The van der Waals surface area contributed by atoms with Crippen LogP contribution in [0.15, 0.2) is 24.3 Å². The van der Waals surface area contributed by atoms with Gasteiger partial charge in [0.25, 0.3) is 0 Å². The standard InChI is InChI=1S/C9H10INO3/c10-6-3-1-2-4-8(6)14-5-7(11)9(12)13/h1-4,7H,5,11H2,(H,12,13)/t7-/m0/s1. The fourth-order valence-corrected chi connectivity index (χ4v) is 1.36. The number of carboxylic acids is 1. The number of hydrogen-bond acceptors (Lipinski definition) is 3. The molecular formula is C9H10INO3. The summed E-state index contributed by atoms with van der Waals surface area (Å²) in [5, 5.41) is 8.52. The van der Waals surface area contributed by atoms with Gasteiger partial charge in [0.15, 0.2) is 0 Å². The summed E-state index contributed by atoms with van der Waals surface area (Å²) in [7, 11) is 0. The molecule has 0 spiro atoms. The van der Waals surface area contributed by atoms with Crippen molar-refractivity contribution in [1.82, 2.24) is 0 Å². The number of aliphatic carboxylic acids is 1. The Morgan fingerprint density at radius 1 is 1.57 bits per heavy atom. The highest BCUT2D eigenvalue weighted by Gasteiger charge is 2.12. The number of para-hydroxylation sites is 1. The molecule has 0 fully saturated rings. The lowest BCUT2D eigenvalue weighted by atomic mass is 10.3. The Hall–Kier alpha value is -0.820. The van der Waals surface area contributed by atoms with Crippen LogP contribution < -0.4 is 10.5 Å². The summed E-state index contributed by atoms with van der Waals surface area (Å²) in [5.41, 5.74) is 5.29. The Labute approximate surface area is 95.2 Å². The second-order valence-electron chi connectivity index (χ2n) is 2.69. The number of hydrogen-bond donors (Lipinski definition) is 2. The van der Waals surface area contributed by atoms with E-state index in [-0.39, 0.29) is 6.61 Å². The van der Waals surface area contributed by atoms with Crippen LogP contribution in [0.2, 0.25) is 0 Å². The van der Waals surface area contributed by atoms with Crippen LogP contribution in [0, 0.1) is 3.57 Å². The van der Waals surface area contributed by atoms with E-state index < -0.39 is 12.0 Å². The van der Waals surface area contributed by atoms with E-state index in [1.54, 1.807) is 6.07 Å². The molecule has 5 heteroatoms. The van der Waals surface area contributed by atoms with Crippen LogP contribution in [0.25, 0.3) is 0 Å². The van der Waals surface area contributed by atoms with Crippen molar-refractivity contribution in [2.24, 2.45) is 5.73 Å². The third-order valence-electron chi connectivity index (χ3n) is 1.57. The quantitative estimate of drug-likeness (QED) is 0.817. The number of nitrogens with two attached hydrogens (primary N) is 1. The zero-order valence-corrected chi connectivity index (χ0v) is 9.47. The van der Waals surface area contributed by atoms with Gasteiger partial charge in [-0.05, 0) is 34.7 Å². The van der Waals surface area contributed by atoms with Gasteiger partial charge < -0.3 is 15.6 Å². The molecule has 0 aliphatic rings. The zero-order chi connectivity index (χ0) is 10.6. The molecule has 0 aromatic heterocycles. The van der Waals surface area contributed by atoms with Crippen molar-refractivity contribution in [2.45, 2.75) is 6.04 Å². The van der Waals surface area contributed by atoms with E-state index in [9.17, 15) is 4.79 Å². The Morgan fingerprint density at radius 3 is 2.79 bits per heavy atom. The lowest BCUT2D eigenvalue weighted by Crippen LogP contribution is -2.36. The maximum absolute atomic E-state index is 10.4. The predicted octanol–water partition coefficient (Wildman–Crippen LogP) is 1.08. The van der Waals surface area contributed by atoms with Gasteiger partial charge >= 0.3 is 5.97 Å². The van der Waals surface area contributed by atoms with Crippen molar-refractivity contribution in [1.29, 1.82) is 0 Å². The van der Waals surface area contributed by atoms with Crippen molar-refractivity contribution in [3.63, 3.8) is 0 Å². The molecule has 1 aromatic carbocycles. The average molecular weight is 307 g/mol. The zero-order valence-electron chi connectivity index (χ0n) is 7.31. The fourth-order valence-electron chi connectivity index (χ4n) is 0.813. The first-order valence-corrected chi connectivity index (χ1v) is 5.05. The van der Waals surface area contributed by atoms with Gasteiger partial charge in [-0.15, -0.1) is 0 Å².